The molecule has 1 N–H and O–H groups in total. The van der Waals surface area contributed by atoms with Crippen LogP contribution in [0.3, 0.4) is 0 Å². The van der Waals surface area contributed by atoms with Crippen LogP contribution in [0.15, 0.2) is 47.4 Å². The highest BCUT2D eigenvalue weighted by Crippen LogP contribution is 2.18. The molecule has 0 spiro atoms. The lowest BCUT2D eigenvalue weighted by atomic mass is 10.1. The van der Waals surface area contributed by atoms with Crippen molar-refractivity contribution in [2.45, 2.75) is 24.3 Å². The molecule has 1 aliphatic heterocycles. The Kier molecular flexibility index (Phi) is 5.36. The van der Waals surface area contributed by atoms with E-state index in [-0.39, 0.29) is 29.9 Å². The number of hydrogen-bond donors (Lipinski definition) is 1. The summed E-state index contributed by atoms with van der Waals surface area (Å²) in [5.41, 5.74) is 0. The van der Waals surface area contributed by atoms with Crippen LogP contribution in [0.2, 0.25) is 0 Å². The minimum Gasteiger partial charge on any atom is -0.375 e. The van der Waals surface area contributed by atoms with Crippen LogP contribution in [0, 0.1) is 0 Å². The fourth-order valence-electron chi connectivity index (χ4n) is 2.91. The maximum absolute atomic E-state index is 12.4. The Labute approximate surface area is 147 Å². The molecular formula is C18H22N2O4S. The summed E-state index contributed by atoms with van der Waals surface area (Å²) in [5.74, 6) is -0.0589. The number of benzene rings is 2. The molecule has 0 saturated carbocycles. The van der Waals surface area contributed by atoms with E-state index < -0.39 is 10.0 Å². The number of nitrogens with zero attached hydrogens (tertiary/aromatic N) is 1. The fourth-order valence-corrected chi connectivity index (χ4v) is 3.98. The molecule has 25 heavy (non-hydrogen) atoms. The van der Waals surface area contributed by atoms with Crippen molar-refractivity contribution in [1.29, 1.82) is 0 Å². The standard InChI is InChI=1S/C18H22N2O4S/c1-14-13-20(10-11-24-14)18(21)8-9-19-25(22,23)17-7-6-15-4-2-3-5-16(15)12-17/h2-7,12,14,19H,8-11,13H2,1H3. The fraction of sp³-hybridized carbons (Fsp3) is 0.389. The van der Waals surface area contributed by atoms with Gasteiger partial charge in [0.05, 0.1) is 17.6 Å². The second kappa shape index (κ2) is 7.51. The lowest BCUT2D eigenvalue weighted by Crippen LogP contribution is -2.45. The second-order valence-electron chi connectivity index (χ2n) is 6.18. The minimum absolute atomic E-state index is 0.0204. The second-order valence-corrected chi connectivity index (χ2v) is 7.94. The van der Waals surface area contributed by atoms with E-state index in [1.165, 1.54) is 0 Å². The maximum atomic E-state index is 12.4. The first-order valence-corrected chi connectivity index (χ1v) is 9.82. The Balaban J connectivity index is 1.60. The number of amides is 1. The van der Waals surface area contributed by atoms with Gasteiger partial charge in [0.15, 0.2) is 0 Å². The molecule has 2 aromatic carbocycles. The van der Waals surface area contributed by atoms with Gasteiger partial charge < -0.3 is 9.64 Å². The number of fused-ring (bicyclic) bond motifs is 1. The highest BCUT2D eigenvalue weighted by Gasteiger charge is 2.22. The number of nitrogens with one attached hydrogen (secondary N) is 1. The number of sulfonamides is 1. The zero-order chi connectivity index (χ0) is 17.9. The number of carbonyl (C=O) groups excluding carboxylic acids is 1. The molecule has 134 valence electrons. The van der Waals surface area contributed by atoms with Crippen molar-refractivity contribution in [3.05, 3.63) is 42.5 Å². The summed E-state index contributed by atoms with van der Waals surface area (Å²) in [6.45, 7) is 3.63. The van der Waals surface area contributed by atoms with Gasteiger partial charge in [0, 0.05) is 26.1 Å². The molecule has 0 aliphatic carbocycles. The number of morpholine rings is 1. The summed E-state index contributed by atoms with van der Waals surface area (Å²) in [4.78, 5) is 14.1. The third-order valence-electron chi connectivity index (χ3n) is 4.26. The van der Waals surface area contributed by atoms with Crippen molar-refractivity contribution in [3.8, 4) is 0 Å². The normalized spacial score (nSPS) is 18.4. The van der Waals surface area contributed by atoms with E-state index in [2.05, 4.69) is 4.72 Å². The Morgan fingerprint density at radius 1 is 1.24 bits per heavy atom. The molecule has 2 aromatic rings. The Hall–Kier alpha value is -1.96. The average molecular weight is 362 g/mol. The van der Waals surface area contributed by atoms with E-state index in [9.17, 15) is 13.2 Å². The minimum atomic E-state index is -3.63. The van der Waals surface area contributed by atoms with E-state index in [0.29, 0.717) is 19.7 Å². The Morgan fingerprint density at radius 3 is 2.76 bits per heavy atom. The predicted molar refractivity (Wildman–Crippen MR) is 95.7 cm³/mol. The molecule has 3 rings (SSSR count). The summed E-state index contributed by atoms with van der Waals surface area (Å²) in [7, 11) is -3.63. The third kappa shape index (κ3) is 4.36. The van der Waals surface area contributed by atoms with Crippen LogP contribution >= 0.6 is 0 Å². The summed E-state index contributed by atoms with van der Waals surface area (Å²) in [5, 5.41) is 1.85. The van der Waals surface area contributed by atoms with Gasteiger partial charge in [-0.1, -0.05) is 30.3 Å². The van der Waals surface area contributed by atoms with E-state index in [1.807, 2.05) is 31.2 Å². The van der Waals surface area contributed by atoms with Crippen molar-refractivity contribution >= 4 is 26.7 Å². The first kappa shape index (κ1) is 17.8. The van der Waals surface area contributed by atoms with E-state index >= 15 is 0 Å². The molecule has 1 heterocycles. The van der Waals surface area contributed by atoms with E-state index in [0.717, 1.165) is 10.8 Å². The molecule has 1 atom stereocenters. The molecule has 6 nitrogen and oxygen atoms in total. The number of ether oxygens (including phenoxy) is 1. The van der Waals surface area contributed by atoms with Gasteiger partial charge >= 0.3 is 0 Å². The largest absolute Gasteiger partial charge is 0.375 e. The van der Waals surface area contributed by atoms with Gasteiger partial charge in [-0.05, 0) is 29.8 Å². The van der Waals surface area contributed by atoms with E-state index in [4.69, 9.17) is 4.74 Å². The van der Waals surface area contributed by atoms with Crippen LogP contribution in [0.1, 0.15) is 13.3 Å². The molecule has 0 radical (unpaired) electrons. The first-order valence-electron chi connectivity index (χ1n) is 8.33. The molecule has 1 unspecified atom stereocenters. The summed E-state index contributed by atoms with van der Waals surface area (Å²) < 4.78 is 32.8. The monoisotopic (exact) mass is 362 g/mol. The topological polar surface area (TPSA) is 75.7 Å². The molecule has 0 bridgehead atoms. The molecule has 1 saturated heterocycles. The predicted octanol–water partition coefficient (Wildman–Crippen LogP) is 1.76. The number of hydrogen-bond acceptors (Lipinski definition) is 4. The molecule has 1 aliphatic rings. The summed E-state index contributed by atoms with van der Waals surface area (Å²) >= 11 is 0. The van der Waals surface area contributed by atoms with Gasteiger partial charge in [-0.2, -0.15) is 0 Å². The van der Waals surface area contributed by atoms with Gasteiger partial charge in [-0.15, -0.1) is 0 Å². The highest BCUT2D eigenvalue weighted by molar-refractivity contribution is 7.89. The van der Waals surface area contributed by atoms with Gasteiger partial charge in [0.2, 0.25) is 15.9 Å². The lowest BCUT2D eigenvalue weighted by molar-refractivity contribution is -0.137. The van der Waals surface area contributed by atoms with Crippen LogP contribution < -0.4 is 4.72 Å². The molecule has 0 aromatic heterocycles. The van der Waals surface area contributed by atoms with Gasteiger partial charge in [0.25, 0.3) is 0 Å². The molecule has 1 fully saturated rings. The molecule has 7 heteroatoms. The Bertz CT molecular complexity index is 866. The maximum Gasteiger partial charge on any atom is 0.240 e. The Morgan fingerprint density at radius 2 is 2.00 bits per heavy atom. The van der Waals surface area contributed by atoms with Crippen molar-refractivity contribution < 1.29 is 17.9 Å². The molecular weight excluding hydrogens is 340 g/mol. The summed E-state index contributed by atoms with van der Waals surface area (Å²) in [6, 6.07) is 12.6. The van der Waals surface area contributed by atoms with Crippen LogP contribution in [-0.2, 0) is 19.6 Å². The SMILES string of the molecule is CC1CN(C(=O)CCNS(=O)(=O)c2ccc3ccccc3c2)CCO1. The van der Waals surface area contributed by atoms with Crippen molar-refractivity contribution in [2.75, 3.05) is 26.2 Å². The van der Waals surface area contributed by atoms with Crippen molar-refractivity contribution in [2.24, 2.45) is 0 Å². The van der Waals surface area contributed by atoms with Gasteiger partial charge in [-0.3, -0.25) is 4.79 Å². The van der Waals surface area contributed by atoms with Crippen LogP contribution in [0.5, 0.6) is 0 Å². The zero-order valence-electron chi connectivity index (χ0n) is 14.1. The molecule has 1 amide bonds. The lowest BCUT2D eigenvalue weighted by Gasteiger charge is -2.31. The van der Waals surface area contributed by atoms with Crippen molar-refractivity contribution in [1.82, 2.24) is 9.62 Å². The average Bonchev–Trinajstić information content (AvgIpc) is 2.61. The zero-order valence-corrected chi connectivity index (χ0v) is 15.0. The van der Waals surface area contributed by atoms with Gasteiger partial charge in [-0.25, -0.2) is 13.1 Å². The van der Waals surface area contributed by atoms with E-state index in [1.54, 1.807) is 23.1 Å². The highest BCUT2D eigenvalue weighted by atomic mass is 32.2. The summed E-state index contributed by atoms with van der Waals surface area (Å²) in [6.07, 6.45) is 0.159. The van der Waals surface area contributed by atoms with Crippen LogP contribution in [0.4, 0.5) is 0 Å². The van der Waals surface area contributed by atoms with Gasteiger partial charge in [0.1, 0.15) is 0 Å². The number of carbonyl (C=O) groups is 1. The van der Waals surface area contributed by atoms with Crippen LogP contribution in [-0.4, -0.2) is 51.6 Å². The van der Waals surface area contributed by atoms with Crippen molar-refractivity contribution in [3.63, 3.8) is 0 Å². The first-order chi connectivity index (χ1) is 12.0. The quantitative estimate of drug-likeness (QED) is 0.879. The smallest absolute Gasteiger partial charge is 0.240 e. The number of rotatable bonds is 5. The third-order valence-corrected chi connectivity index (χ3v) is 5.71. The van der Waals surface area contributed by atoms with Crippen LogP contribution in [0.25, 0.3) is 10.8 Å².